The van der Waals surface area contributed by atoms with E-state index >= 15 is 0 Å². The third-order valence-electron chi connectivity index (χ3n) is 4.96. The molecule has 1 saturated heterocycles. The molecule has 4 rings (SSSR count). The number of aliphatic hydroxyl groups is 1. The molecule has 0 spiro atoms. The van der Waals surface area contributed by atoms with Gasteiger partial charge in [-0.15, -0.1) is 10.2 Å². The van der Waals surface area contributed by atoms with Crippen molar-refractivity contribution in [1.82, 2.24) is 24.6 Å². The summed E-state index contributed by atoms with van der Waals surface area (Å²) < 4.78 is 1.77. The number of likely N-dealkylation sites (tertiary alicyclic amines) is 1. The summed E-state index contributed by atoms with van der Waals surface area (Å²) in [6, 6.07) is 9.52. The number of aryl methyl sites for hydroxylation is 1. The van der Waals surface area contributed by atoms with Gasteiger partial charge in [0.2, 0.25) is 0 Å². The number of hydrogen-bond donors (Lipinski definition) is 1. The molecule has 0 aliphatic carbocycles. The first-order chi connectivity index (χ1) is 13.2. The Balaban J connectivity index is 1.65. The van der Waals surface area contributed by atoms with E-state index in [1.807, 2.05) is 31.2 Å². The van der Waals surface area contributed by atoms with Crippen molar-refractivity contribution in [3.8, 4) is 16.9 Å². The highest BCUT2D eigenvalue weighted by atomic mass is 16.3. The second kappa shape index (κ2) is 7.28. The normalized spacial score (nSPS) is 16.7. The van der Waals surface area contributed by atoms with Crippen LogP contribution >= 0.6 is 0 Å². The molecule has 1 aliphatic heterocycles. The molecule has 0 unspecified atom stereocenters. The first-order valence-corrected chi connectivity index (χ1v) is 9.01. The lowest BCUT2D eigenvalue weighted by atomic mass is 10.0. The number of rotatable bonds is 4. The molecule has 7 nitrogen and oxygen atoms in total. The number of carbonyl (C=O) groups is 1. The average Bonchev–Trinajstić information content (AvgIpc) is 3.39. The van der Waals surface area contributed by atoms with Gasteiger partial charge in [-0.3, -0.25) is 9.36 Å². The number of hydrogen-bond acceptors (Lipinski definition) is 5. The van der Waals surface area contributed by atoms with Crippen molar-refractivity contribution < 1.29 is 9.90 Å². The molecule has 1 aromatic carbocycles. The Hall–Kier alpha value is -3.06. The molecule has 1 amide bonds. The van der Waals surface area contributed by atoms with E-state index in [1.54, 1.807) is 28.3 Å². The fraction of sp³-hybridized carbons (Fsp3) is 0.300. The third-order valence-corrected chi connectivity index (χ3v) is 4.96. The van der Waals surface area contributed by atoms with E-state index < -0.39 is 0 Å². The van der Waals surface area contributed by atoms with E-state index in [-0.39, 0.29) is 18.6 Å². The summed E-state index contributed by atoms with van der Waals surface area (Å²) in [4.78, 5) is 19.0. The molecule has 3 aromatic rings. The Morgan fingerprint density at radius 3 is 2.67 bits per heavy atom. The lowest BCUT2D eigenvalue weighted by molar-refractivity contribution is 0.0677. The van der Waals surface area contributed by atoms with Crippen molar-refractivity contribution in [3.63, 3.8) is 0 Å². The minimum absolute atomic E-state index is 0.0150. The van der Waals surface area contributed by atoms with Crippen LogP contribution in [-0.4, -0.2) is 54.9 Å². The van der Waals surface area contributed by atoms with Crippen LogP contribution in [0.15, 0.2) is 49.2 Å². The molecular weight excluding hydrogens is 342 g/mol. The fourth-order valence-electron chi connectivity index (χ4n) is 3.54. The number of nitrogens with zero attached hydrogens (tertiary/aromatic N) is 5. The summed E-state index contributed by atoms with van der Waals surface area (Å²) >= 11 is 0. The highest BCUT2D eigenvalue weighted by Gasteiger charge is 2.28. The molecule has 1 aliphatic rings. The first-order valence-electron chi connectivity index (χ1n) is 9.01. The third kappa shape index (κ3) is 3.33. The lowest BCUT2D eigenvalue weighted by Crippen LogP contribution is -2.37. The molecule has 1 fully saturated rings. The maximum Gasteiger partial charge on any atom is 0.254 e. The van der Waals surface area contributed by atoms with E-state index in [4.69, 9.17) is 0 Å². The van der Waals surface area contributed by atoms with Gasteiger partial charge in [0.05, 0.1) is 12.6 Å². The van der Waals surface area contributed by atoms with Gasteiger partial charge < -0.3 is 10.0 Å². The molecule has 1 atom stereocenters. The van der Waals surface area contributed by atoms with Crippen LogP contribution < -0.4 is 0 Å². The van der Waals surface area contributed by atoms with Crippen LogP contribution in [0.1, 0.15) is 28.8 Å². The molecule has 7 heteroatoms. The number of amides is 1. The molecule has 0 bridgehead atoms. The predicted molar refractivity (Wildman–Crippen MR) is 100 cm³/mol. The average molecular weight is 363 g/mol. The summed E-state index contributed by atoms with van der Waals surface area (Å²) in [7, 11) is 0. The highest BCUT2D eigenvalue weighted by Crippen LogP contribution is 2.27. The largest absolute Gasteiger partial charge is 0.394 e. The van der Waals surface area contributed by atoms with Gasteiger partial charge in [-0.1, -0.05) is 12.1 Å². The number of carbonyl (C=O) groups excluding carboxylic acids is 1. The van der Waals surface area contributed by atoms with E-state index in [1.165, 1.54) is 0 Å². The van der Waals surface area contributed by atoms with E-state index in [9.17, 15) is 9.90 Å². The summed E-state index contributed by atoms with van der Waals surface area (Å²) in [5, 5.41) is 17.2. The van der Waals surface area contributed by atoms with Crippen LogP contribution in [0.25, 0.3) is 16.9 Å². The number of benzene rings is 1. The summed E-state index contributed by atoms with van der Waals surface area (Å²) in [6.07, 6.45) is 6.83. The van der Waals surface area contributed by atoms with Gasteiger partial charge in [0, 0.05) is 23.9 Å². The minimum atomic E-state index is -0.0708. The van der Waals surface area contributed by atoms with Crippen LogP contribution in [0.4, 0.5) is 0 Å². The smallest absolute Gasteiger partial charge is 0.254 e. The molecule has 1 N–H and O–H groups in total. The second-order valence-corrected chi connectivity index (χ2v) is 6.81. The number of aliphatic hydroxyl groups excluding tert-OH is 1. The van der Waals surface area contributed by atoms with Crippen molar-refractivity contribution in [2.75, 3.05) is 13.2 Å². The predicted octanol–water partition coefficient (Wildman–Crippen LogP) is 2.23. The van der Waals surface area contributed by atoms with Gasteiger partial charge in [0.15, 0.2) is 0 Å². The van der Waals surface area contributed by atoms with E-state index in [2.05, 4.69) is 21.2 Å². The van der Waals surface area contributed by atoms with Crippen molar-refractivity contribution >= 4 is 5.91 Å². The zero-order valence-electron chi connectivity index (χ0n) is 15.1. The Morgan fingerprint density at radius 2 is 1.96 bits per heavy atom. The first kappa shape index (κ1) is 17.4. The van der Waals surface area contributed by atoms with Gasteiger partial charge in [0.25, 0.3) is 5.91 Å². The van der Waals surface area contributed by atoms with Gasteiger partial charge in [-0.2, -0.15) is 0 Å². The van der Waals surface area contributed by atoms with E-state index in [0.29, 0.717) is 12.1 Å². The Labute approximate surface area is 157 Å². The maximum atomic E-state index is 12.8. The van der Waals surface area contributed by atoms with Crippen molar-refractivity contribution in [1.29, 1.82) is 0 Å². The summed E-state index contributed by atoms with van der Waals surface area (Å²) in [5.41, 5.74) is 3.59. The Kier molecular flexibility index (Phi) is 4.68. The molecule has 3 heterocycles. The van der Waals surface area contributed by atoms with Crippen LogP contribution in [0.3, 0.4) is 0 Å². The van der Waals surface area contributed by atoms with Crippen molar-refractivity contribution in [2.45, 2.75) is 25.8 Å². The standard InChI is InChI=1S/C20H21N5O2/c1-14-9-18(19(21-10-14)24-12-22-23-13-24)15-4-6-16(7-5-15)20(27)25-8-2-3-17(25)11-26/h4-7,9-10,12-13,17,26H,2-3,8,11H2,1H3/t17-/m0/s1. The zero-order chi connectivity index (χ0) is 18.8. The topological polar surface area (TPSA) is 84.1 Å². The zero-order valence-corrected chi connectivity index (χ0v) is 15.1. The highest BCUT2D eigenvalue weighted by molar-refractivity contribution is 5.95. The van der Waals surface area contributed by atoms with Crippen LogP contribution in [0.2, 0.25) is 0 Å². The summed E-state index contributed by atoms with van der Waals surface area (Å²) in [6.45, 7) is 2.71. The van der Waals surface area contributed by atoms with Crippen LogP contribution in [-0.2, 0) is 0 Å². The van der Waals surface area contributed by atoms with Gasteiger partial charge >= 0.3 is 0 Å². The van der Waals surface area contributed by atoms with Gasteiger partial charge in [-0.05, 0) is 49.1 Å². The number of pyridine rings is 1. The minimum Gasteiger partial charge on any atom is -0.394 e. The van der Waals surface area contributed by atoms with Crippen molar-refractivity contribution in [2.24, 2.45) is 0 Å². The molecule has 0 saturated carbocycles. The van der Waals surface area contributed by atoms with Gasteiger partial charge in [0.1, 0.15) is 18.5 Å². The molecule has 138 valence electrons. The molecule has 27 heavy (non-hydrogen) atoms. The fourth-order valence-corrected chi connectivity index (χ4v) is 3.54. The summed E-state index contributed by atoms with van der Waals surface area (Å²) in [5.74, 6) is 0.712. The van der Waals surface area contributed by atoms with Crippen LogP contribution in [0, 0.1) is 6.92 Å². The monoisotopic (exact) mass is 363 g/mol. The quantitative estimate of drug-likeness (QED) is 0.768. The molecular formula is C20H21N5O2. The molecule has 2 aromatic heterocycles. The van der Waals surface area contributed by atoms with E-state index in [0.717, 1.165) is 35.3 Å². The lowest BCUT2D eigenvalue weighted by Gasteiger charge is -2.23. The Morgan fingerprint density at radius 1 is 1.22 bits per heavy atom. The number of aromatic nitrogens is 4. The second-order valence-electron chi connectivity index (χ2n) is 6.81. The van der Waals surface area contributed by atoms with Crippen molar-refractivity contribution in [3.05, 3.63) is 60.3 Å². The Bertz CT molecular complexity index is 938. The SMILES string of the molecule is Cc1cnc(-n2cnnc2)c(-c2ccc(C(=O)N3CCC[C@H]3CO)cc2)c1. The van der Waals surface area contributed by atoms with Gasteiger partial charge in [-0.25, -0.2) is 4.98 Å². The molecule has 0 radical (unpaired) electrons. The maximum absolute atomic E-state index is 12.8. The van der Waals surface area contributed by atoms with Crippen LogP contribution in [0.5, 0.6) is 0 Å².